The minimum Gasteiger partial charge on any atom is -0.496 e. The third kappa shape index (κ3) is 3.57. The Morgan fingerprint density at radius 1 is 1.32 bits per heavy atom. The van der Waals surface area contributed by atoms with Crippen LogP contribution in [0.1, 0.15) is 48.1 Å². The number of nitrogens with one attached hydrogen (secondary N) is 1. The van der Waals surface area contributed by atoms with E-state index in [-0.39, 0.29) is 11.8 Å². The Balaban J connectivity index is 3.17. The first kappa shape index (κ1) is 15.7. The van der Waals surface area contributed by atoms with Gasteiger partial charge in [-0.15, -0.1) is 0 Å². The second-order valence-electron chi connectivity index (χ2n) is 5.14. The summed E-state index contributed by atoms with van der Waals surface area (Å²) in [5.74, 6) is 1.17. The quantitative estimate of drug-likeness (QED) is 0.856. The Morgan fingerprint density at radius 2 is 1.95 bits per heavy atom. The molecule has 0 bridgehead atoms. The first-order valence-electron chi connectivity index (χ1n) is 6.73. The lowest BCUT2D eigenvalue weighted by molar-refractivity contribution is -0.117. The molecule has 0 heterocycles. The van der Waals surface area contributed by atoms with Crippen molar-refractivity contribution in [3.05, 3.63) is 28.3 Å². The van der Waals surface area contributed by atoms with E-state index in [0.29, 0.717) is 6.42 Å². The van der Waals surface area contributed by atoms with E-state index in [4.69, 9.17) is 4.74 Å². The van der Waals surface area contributed by atoms with Gasteiger partial charge < -0.3 is 14.8 Å². The van der Waals surface area contributed by atoms with Gasteiger partial charge in [0, 0.05) is 12.5 Å². The van der Waals surface area contributed by atoms with Gasteiger partial charge in [0.1, 0.15) is 11.5 Å². The molecule has 0 fully saturated rings. The number of carbonyl (C=O) groups excluding carboxylic acids is 1. The first-order chi connectivity index (χ1) is 8.92. The molecule has 19 heavy (non-hydrogen) atoms. The van der Waals surface area contributed by atoms with Crippen LogP contribution in [0.15, 0.2) is 6.07 Å². The lowest BCUT2D eigenvalue weighted by Gasteiger charge is -2.23. The van der Waals surface area contributed by atoms with Crippen LogP contribution in [-0.2, 0) is 4.79 Å². The van der Waals surface area contributed by atoms with Crippen LogP contribution in [0.25, 0.3) is 0 Å². The smallest absolute Gasteiger partial charge is 0.129 e. The summed E-state index contributed by atoms with van der Waals surface area (Å²) in [7, 11) is 3.65. The average Bonchev–Trinajstić information content (AvgIpc) is 2.37. The van der Waals surface area contributed by atoms with Gasteiger partial charge >= 0.3 is 0 Å². The van der Waals surface area contributed by atoms with Crippen LogP contribution in [0.4, 0.5) is 0 Å². The summed E-state index contributed by atoms with van der Waals surface area (Å²) < 4.78 is 5.40. The predicted octanol–water partition coefficient (Wildman–Crippen LogP) is 3.25. The molecule has 0 saturated carbocycles. The fourth-order valence-electron chi connectivity index (χ4n) is 2.59. The molecular weight excluding hydrogens is 238 g/mol. The van der Waals surface area contributed by atoms with Gasteiger partial charge in [-0.25, -0.2) is 0 Å². The summed E-state index contributed by atoms with van der Waals surface area (Å²) >= 11 is 0. The van der Waals surface area contributed by atoms with Crippen molar-refractivity contribution in [2.24, 2.45) is 0 Å². The molecular formula is C16H25NO2. The molecule has 1 atom stereocenters. The van der Waals surface area contributed by atoms with E-state index in [1.165, 1.54) is 22.3 Å². The van der Waals surface area contributed by atoms with Crippen molar-refractivity contribution >= 4 is 5.78 Å². The number of ether oxygens (including phenoxy) is 1. The lowest BCUT2D eigenvalue weighted by Crippen LogP contribution is -2.20. The molecule has 0 amide bonds. The van der Waals surface area contributed by atoms with Gasteiger partial charge in [0.2, 0.25) is 0 Å². The normalized spacial score (nSPS) is 12.3. The summed E-state index contributed by atoms with van der Waals surface area (Å²) in [6.07, 6.45) is 1.44. The van der Waals surface area contributed by atoms with Crippen molar-refractivity contribution in [3.8, 4) is 5.75 Å². The second kappa shape index (κ2) is 6.71. The van der Waals surface area contributed by atoms with Crippen molar-refractivity contribution < 1.29 is 9.53 Å². The van der Waals surface area contributed by atoms with Gasteiger partial charge in [-0.2, -0.15) is 0 Å². The third-order valence-corrected chi connectivity index (χ3v) is 3.81. The lowest BCUT2D eigenvalue weighted by atomic mass is 9.89. The van der Waals surface area contributed by atoms with Gasteiger partial charge in [-0.05, 0) is 69.5 Å². The first-order valence-corrected chi connectivity index (χ1v) is 6.73. The van der Waals surface area contributed by atoms with Crippen LogP contribution in [0.3, 0.4) is 0 Å². The van der Waals surface area contributed by atoms with Crippen molar-refractivity contribution in [1.29, 1.82) is 0 Å². The maximum Gasteiger partial charge on any atom is 0.129 e. The maximum absolute atomic E-state index is 11.2. The molecule has 0 saturated heterocycles. The largest absolute Gasteiger partial charge is 0.496 e. The van der Waals surface area contributed by atoms with Crippen LogP contribution < -0.4 is 10.1 Å². The van der Waals surface area contributed by atoms with Gasteiger partial charge in [0.05, 0.1) is 7.11 Å². The van der Waals surface area contributed by atoms with Crippen molar-refractivity contribution in [2.45, 2.75) is 46.6 Å². The molecule has 3 nitrogen and oxygen atoms in total. The van der Waals surface area contributed by atoms with Crippen LogP contribution >= 0.6 is 0 Å². The molecule has 106 valence electrons. The topological polar surface area (TPSA) is 38.3 Å². The van der Waals surface area contributed by atoms with Gasteiger partial charge in [0.25, 0.3) is 0 Å². The molecule has 0 aromatic heterocycles. The number of benzene rings is 1. The molecule has 0 aliphatic heterocycles. The monoisotopic (exact) mass is 263 g/mol. The average molecular weight is 263 g/mol. The standard InChI is InChI=1S/C16H25NO2/c1-10-9-15(19-6)12(3)13(4)16(10)14(17-5)8-7-11(2)18/h9,14,17H,7-8H2,1-6H3. The zero-order valence-corrected chi connectivity index (χ0v) is 12.9. The fraction of sp³-hybridized carbons (Fsp3) is 0.562. The van der Waals surface area contributed by atoms with Crippen LogP contribution in [0, 0.1) is 20.8 Å². The minimum atomic E-state index is 0.216. The Bertz CT molecular complexity index is 466. The maximum atomic E-state index is 11.2. The highest BCUT2D eigenvalue weighted by Gasteiger charge is 2.18. The number of ketones is 1. The SMILES string of the molecule is CNC(CCC(C)=O)c1c(C)cc(OC)c(C)c1C. The third-order valence-electron chi connectivity index (χ3n) is 3.81. The van der Waals surface area contributed by atoms with Crippen molar-refractivity contribution in [2.75, 3.05) is 14.2 Å². The minimum absolute atomic E-state index is 0.216. The number of hydrogen-bond acceptors (Lipinski definition) is 3. The Morgan fingerprint density at radius 3 is 2.42 bits per heavy atom. The number of Topliss-reactive ketones (excluding diaryl/α,β-unsaturated/α-hetero) is 1. The highest BCUT2D eigenvalue weighted by molar-refractivity contribution is 5.75. The number of methoxy groups -OCH3 is 1. The summed E-state index contributed by atoms with van der Waals surface area (Å²) in [6.45, 7) is 7.95. The van der Waals surface area contributed by atoms with E-state index < -0.39 is 0 Å². The predicted molar refractivity (Wildman–Crippen MR) is 78.9 cm³/mol. The molecule has 1 aromatic carbocycles. The van der Waals surface area contributed by atoms with E-state index in [2.05, 4.69) is 32.2 Å². The van der Waals surface area contributed by atoms with Crippen LogP contribution in [0.5, 0.6) is 5.75 Å². The number of rotatable bonds is 6. The number of hydrogen-bond donors (Lipinski definition) is 1. The van der Waals surface area contributed by atoms with Crippen LogP contribution in [0.2, 0.25) is 0 Å². The highest BCUT2D eigenvalue weighted by atomic mass is 16.5. The Hall–Kier alpha value is -1.35. The molecule has 1 unspecified atom stereocenters. The zero-order valence-electron chi connectivity index (χ0n) is 12.9. The molecule has 1 aromatic rings. The Labute approximate surface area is 116 Å². The molecule has 1 N–H and O–H groups in total. The molecule has 0 radical (unpaired) electrons. The van der Waals surface area contributed by atoms with Crippen molar-refractivity contribution in [1.82, 2.24) is 5.32 Å². The number of aryl methyl sites for hydroxylation is 1. The van der Waals surface area contributed by atoms with E-state index in [1.807, 2.05) is 7.05 Å². The summed E-state index contributed by atoms with van der Waals surface area (Å²) in [6, 6.07) is 2.30. The fourth-order valence-corrected chi connectivity index (χ4v) is 2.59. The van der Waals surface area contributed by atoms with E-state index in [1.54, 1.807) is 14.0 Å². The molecule has 1 rings (SSSR count). The number of carbonyl (C=O) groups is 1. The van der Waals surface area contributed by atoms with Gasteiger partial charge in [0.15, 0.2) is 0 Å². The molecule has 0 aliphatic carbocycles. The molecule has 0 spiro atoms. The summed E-state index contributed by atoms with van der Waals surface area (Å²) in [4.78, 5) is 11.2. The zero-order chi connectivity index (χ0) is 14.6. The van der Waals surface area contributed by atoms with Gasteiger partial charge in [-0.1, -0.05) is 0 Å². The van der Waals surface area contributed by atoms with Crippen molar-refractivity contribution in [3.63, 3.8) is 0 Å². The van der Waals surface area contributed by atoms with E-state index in [9.17, 15) is 4.79 Å². The van der Waals surface area contributed by atoms with Gasteiger partial charge in [-0.3, -0.25) is 0 Å². The highest BCUT2D eigenvalue weighted by Crippen LogP contribution is 2.32. The molecule has 0 aliphatic rings. The van der Waals surface area contributed by atoms with Crippen LogP contribution in [-0.4, -0.2) is 19.9 Å². The molecule has 3 heteroatoms. The van der Waals surface area contributed by atoms with E-state index >= 15 is 0 Å². The summed E-state index contributed by atoms with van der Waals surface area (Å²) in [5.41, 5.74) is 4.93. The second-order valence-corrected chi connectivity index (χ2v) is 5.14. The van der Waals surface area contributed by atoms with E-state index in [0.717, 1.165) is 12.2 Å². The Kier molecular flexibility index (Phi) is 5.55. The summed E-state index contributed by atoms with van der Waals surface area (Å²) in [5, 5.41) is 3.33.